The first-order valence-electron chi connectivity index (χ1n) is 8.41. The number of aromatic nitrogens is 3. The van der Waals surface area contributed by atoms with Gasteiger partial charge >= 0.3 is 0 Å². The number of hydrogen-bond acceptors (Lipinski definition) is 6. The fraction of sp³-hybridized carbons (Fsp3) is 0.733. The van der Waals surface area contributed by atoms with Crippen molar-refractivity contribution < 1.29 is 18.0 Å². The van der Waals surface area contributed by atoms with Gasteiger partial charge in [-0.25, -0.2) is 13.4 Å². The summed E-state index contributed by atoms with van der Waals surface area (Å²) in [7, 11) is -3.92. The Kier molecular flexibility index (Phi) is 6.28. The Balaban J connectivity index is 2.02. The molecule has 2 N–H and O–H groups in total. The fourth-order valence-electron chi connectivity index (χ4n) is 2.59. The van der Waals surface area contributed by atoms with Crippen LogP contribution < -0.4 is 5.32 Å². The lowest BCUT2D eigenvalue weighted by molar-refractivity contribution is -0.127. The van der Waals surface area contributed by atoms with Crippen LogP contribution in [-0.2, 0) is 19.6 Å². The predicted octanol–water partition coefficient (Wildman–Crippen LogP) is 0.388. The smallest absolute Gasteiger partial charge is 0.282 e. The molecular weight excluding hydrogens is 346 g/mol. The van der Waals surface area contributed by atoms with E-state index < -0.39 is 16.1 Å². The van der Waals surface area contributed by atoms with E-state index in [1.54, 1.807) is 6.92 Å². The third-order valence-corrected chi connectivity index (χ3v) is 5.69. The van der Waals surface area contributed by atoms with E-state index >= 15 is 0 Å². The van der Waals surface area contributed by atoms with Crippen molar-refractivity contribution in [2.75, 3.05) is 13.1 Å². The molecule has 9 nitrogen and oxygen atoms in total. The van der Waals surface area contributed by atoms with Crippen LogP contribution >= 0.6 is 0 Å². The van der Waals surface area contributed by atoms with Crippen molar-refractivity contribution in [3.8, 4) is 0 Å². The lowest BCUT2D eigenvalue weighted by Crippen LogP contribution is -2.44. The Labute approximate surface area is 147 Å². The van der Waals surface area contributed by atoms with Crippen LogP contribution in [0.15, 0.2) is 5.16 Å². The highest BCUT2D eigenvalue weighted by atomic mass is 32.2. The Bertz CT molecular complexity index is 728. The predicted molar refractivity (Wildman–Crippen MR) is 90.1 cm³/mol. The highest BCUT2D eigenvalue weighted by Gasteiger charge is 2.34. The summed E-state index contributed by atoms with van der Waals surface area (Å²) in [4.78, 5) is 28.2. The number of amides is 1. The molecule has 1 aromatic heterocycles. The van der Waals surface area contributed by atoms with Crippen LogP contribution in [0.2, 0.25) is 0 Å². The van der Waals surface area contributed by atoms with E-state index in [-0.39, 0.29) is 29.9 Å². The second-order valence-corrected chi connectivity index (χ2v) is 8.53. The van der Waals surface area contributed by atoms with E-state index in [1.807, 2.05) is 13.8 Å². The van der Waals surface area contributed by atoms with Gasteiger partial charge in [0.25, 0.3) is 15.2 Å². The van der Waals surface area contributed by atoms with Crippen LogP contribution in [0.5, 0.6) is 0 Å². The highest BCUT2D eigenvalue weighted by molar-refractivity contribution is 7.89. The van der Waals surface area contributed by atoms with Gasteiger partial charge in [-0.15, -0.1) is 5.10 Å². The van der Waals surface area contributed by atoms with Gasteiger partial charge in [-0.1, -0.05) is 13.8 Å². The number of carbonyl (C=O) groups excluding carboxylic acids is 2. The highest BCUT2D eigenvalue weighted by Crippen LogP contribution is 2.17. The van der Waals surface area contributed by atoms with Crippen LogP contribution in [0, 0.1) is 12.8 Å². The molecule has 1 fully saturated rings. The number of aryl methyl sites for hydroxylation is 1. The van der Waals surface area contributed by atoms with Crippen LogP contribution in [0.3, 0.4) is 0 Å². The minimum absolute atomic E-state index is 0.173. The number of nitrogens with one attached hydrogen (secondary N) is 2. The standard InChI is InChI=1S/C15H25N5O4S/c1-10(2)6-7-14(22)17-12-5-4-8-20(9-13(12)21)25(23,24)15-16-11(3)18-19-15/h10,12H,4-9H2,1-3H3,(H,17,22)(H,16,18,19). The Hall–Kier alpha value is -1.81. The minimum Gasteiger partial charge on any atom is -0.346 e. The van der Waals surface area contributed by atoms with Gasteiger partial charge in [-0.05, 0) is 32.1 Å². The van der Waals surface area contributed by atoms with Crippen molar-refractivity contribution in [3.63, 3.8) is 0 Å². The van der Waals surface area contributed by atoms with E-state index in [2.05, 4.69) is 20.5 Å². The Morgan fingerprint density at radius 1 is 1.44 bits per heavy atom. The maximum atomic E-state index is 12.5. The number of aromatic amines is 1. The first kappa shape index (κ1) is 19.5. The second-order valence-electron chi connectivity index (χ2n) is 6.70. The number of rotatable bonds is 6. The molecule has 10 heteroatoms. The van der Waals surface area contributed by atoms with Crippen molar-refractivity contribution >= 4 is 21.7 Å². The molecule has 140 valence electrons. The zero-order chi connectivity index (χ0) is 18.6. The number of H-pyrrole nitrogens is 1. The van der Waals surface area contributed by atoms with E-state index in [1.165, 1.54) is 0 Å². The quantitative estimate of drug-likeness (QED) is 0.745. The van der Waals surface area contributed by atoms with Gasteiger partial charge < -0.3 is 5.32 Å². The zero-order valence-electron chi connectivity index (χ0n) is 14.8. The summed E-state index contributed by atoms with van der Waals surface area (Å²) >= 11 is 0. The largest absolute Gasteiger partial charge is 0.346 e. The first-order chi connectivity index (χ1) is 11.7. The van der Waals surface area contributed by atoms with E-state index in [4.69, 9.17) is 0 Å². The molecule has 1 saturated heterocycles. The molecule has 1 atom stereocenters. The molecule has 1 aromatic rings. The van der Waals surface area contributed by atoms with E-state index in [0.29, 0.717) is 31.0 Å². The lowest BCUT2D eigenvalue weighted by Gasteiger charge is -2.18. The summed E-state index contributed by atoms with van der Waals surface area (Å²) < 4.78 is 26.2. The molecule has 0 spiro atoms. The monoisotopic (exact) mass is 371 g/mol. The summed E-state index contributed by atoms with van der Waals surface area (Å²) in [6.45, 7) is 5.56. The van der Waals surface area contributed by atoms with Crippen molar-refractivity contribution in [1.29, 1.82) is 0 Å². The number of nitrogens with zero attached hydrogens (tertiary/aromatic N) is 3. The average Bonchev–Trinajstić information content (AvgIpc) is 2.89. The third kappa shape index (κ3) is 5.08. The topological polar surface area (TPSA) is 125 Å². The van der Waals surface area contributed by atoms with Crippen molar-refractivity contribution in [3.05, 3.63) is 5.82 Å². The third-order valence-electron chi connectivity index (χ3n) is 4.05. The van der Waals surface area contributed by atoms with Gasteiger partial charge in [0, 0.05) is 13.0 Å². The summed E-state index contributed by atoms with van der Waals surface area (Å²) in [6, 6.07) is -0.645. The molecule has 0 radical (unpaired) electrons. The van der Waals surface area contributed by atoms with Crippen molar-refractivity contribution in [1.82, 2.24) is 24.8 Å². The number of sulfonamides is 1. The molecule has 1 aliphatic heterocycles. The molecule has 25 heavy (non-hydrogen) atoms. The Morgan fingerprint density at radius 3 is 2.76 bits per heavy atom. The molecule has 2 rings (SSSR count). The van der Waals surface area contributed by atoms with Crippen molar-refractivity contribution in [2.24, 2.45) is 5.92 Å². The summed E-state index contributed by atoms with van der Waals surface area (Å²) in [6.07, 6.45) is 2.01. The molecule has 0 bridgehead atoms. The number of ketones is 1. The van der Waals surface area contributed by atoms with Crippen LogP contribution in [0.4, 0.5) is 0 Å². The minimum atomic E-state index is -3.92. The van der Waals surface area contributed by atoms with Crippen molar-refractivity contribution in [2.45, 2.75) is 57.7 Å². The maximum absolute atomic E-state index is 12.5. The molecule has 0 aromatic carbocycles. The van der Waals surface area contributed by atoms with Gasteiger partial charge in [0.15, 0.2) is 5.78 Å². The number of carbonyl (C=O) groups is 2. The summed E-state index contributed by atoms with van der Waals surface area (Å²) in [5.41, 5.74) is 0. The normalized spacial score (nSPS) is 19.8. The van der Waals surface area contributed by atoms with Gasteiger partial charge in [0.2, 0.25) is 5.91 Å². The van der Waals surface area contributed by atoms with Crippen LogP contribution in [-0.4, -0.2) is 58.7 Å². The summed E-state index contributed by atoms with van der Waals surface area (Å²) in [5, 5.41) is 8.57. The molecule has 0 aliphatic carbocycles. The molecule has 1 amide bonds. The molecular formula is C15H25N5O4S. The van der Waals surface area contributed by atoms with Crippen LogP contribution in [0.25, 0.3) is 0 Å². The zero-order valence-corrected chi connectivity index (χ0v) is 15.6. The number of Topliss-reactive ketones (excluding diaryl/α,β-unsaturated/α-hetero) is 1. The average molecular weight is 371 g/mol. The number of hydrogen-bond donors (Lipinski definition) is 2. The van der Waals surface area contributed by atoms with E-state index in [0.717, 1.165) is 10.7 Å². The molecule has 1 aliphatic rings. The van der Waals surface area contributed by atoms with E-state index in [9.17, 15) is 18.0 Å². The van der Waals surface area contributed by atoms with Crippen LogP contribution in [0.1, 0.15) is 45.4 Å². The molecule has 2 heterocycles. The molecule has 0 saturated carbocycles. The fourth-order valence-corrected chi connectivity index (χ4v) is 3.90. The second kappa shape index (κ2) is 8.05. The van der Waals surface area contributed by atoms with Gasteiger partial charge in [0.1, 0.15) is 5.82 Å². The SMILES string of the molecule is Cc1nc(S(=O)(=O)N2CCCC(NC(=O)CCC(C)C)C(=O)C2)n[nH]1. The molecule has 1 unspecified atom stereocenters. The maximum Gasteiger partial charge on any atom is 0.282 e. The Morgan fingerprint density at radius 2 is 2.16 bits per heavy atom. The van der Waals surface area contributed by atoms with Gasteiger partial charge in [-0.2, -0.15) is 4.31 Å². The lowest BCUT2D eigenvalue weighted by atomic mass is 10.1. The summed E-state index contributed by atoms with van der Waals surface area (Å²) in [5.74, 6) is 0.301. The van der Waals surface area contributed by atoms with Gasteiger partial charge in [0.05, 0.1) is 12.6 Å². The van der Waals surface area contributed by atoms with Gasteiger partial charge in [-0.3, -0.25) is 14.7 Å². The first-order valence-corrected chi connectivity index (χ1v) is 9.85.